The van der Waals surface area contributed by atoms with Gasteiger partial charge in [0.15, 0.2) is 0 Å². The van der Waals surface area contributed by atoms with Crippen molar-refractivity contribution >= 4 is 27.5 Å². The van der Waals surface area contributed by atoms with Gasteiger partial charge in [0.1, 0.15) is 18.4 Å². The van der Waals surface area contributed by atoms with Crippen LogP contribution in [-0.2, 0) is 26.2 Å². The smallest absolute Gasteiger partial charge is 0.264 e. The molecule has 1 saturated carbocycles. The molecule has 1 N–H and O–H groups in total. The maximum absolute atomic E-state index is 14.2. The molecule has 3 aromatic rings. The lowest BCUT2D eigenvalue weighted by Gasteiger charge is -2.34. The fraction of sp³-hybridized carbons (Fsp3) is 0.394. The number of aryl methyl sites for hydroxylation is 2. The van der Waals surface area contributed by atoms with Crippen LogP contribution >= 0.6 is 0 Å². The van der Waals surface area contributed by atoms with Crippen LogP contribution < -0.4 is 9.62 Å². The molecule has 2 amide bonds. The monoisotopic (exact) mass is 593 g/mol. The molecule has 42 heavy (non-hydrogen) atoms. The standard InChI is InChI=1S/C33H40FN3O4S/c1-4-31(33(39)35-28-8-6-5-7-9-28)36(22-26-14-10-24(2)11-15-26)32(38)23-37(29-18-16-27(34)17-19-29)42(40,41)30-20-12-25(3)13-21-30/h10-21,28,31H,4-9,22-23H2,1-3H3,(H,35,39)/t31-/m0/s1. The molecule has 4 rings (SSSR count). The lowest BCUT2D eigenvalue weighted by Crippen LogP contribution is -2.54. The highest BCUT2D eigenvalue weighted by Crippen LogP contribution is 2.26. The van der Waals surface area contributed by atoms with E-state index in [1.807, 2.05) is 45.0 Å². The Morgan fingerprint density at radius 2 is 1.45 bits per heavy atom. The van der Waals surface area contributed by atoms with E-state index in [1.165, 1.54) is 29.2 Å². The fourth-order valence-corrected chi connectivity index (χ4v) is 6.74. The number of amides is 2. The molecule has 3 aromatic carbocycles. The van der Waals surface area contributed by atoms with Gasteiger partial charge in [0.2, 0.25) is 11.8 Å². The number of carbonyl (C=O) groups is 2. The van der Waals surface area contributed by atoms with Crippen molar-refractivity contribution in [3.05, 3.63) is 95.3 Å². The van der Waals surface area contributed by atoms with Gasteiger partial charge in [-0.2, -0.15) is 0 Å². The topological polar surface area (TPSA) is 86.8 Å². The first-order valence-corrected chi connectivity index (χ1v) is 16.0. The van der Waals surface area contributed by atoms with Gasteiger partial charge in [0, 0.05) is 12.6 Å². The van der Waals surface area contributed by atoms with Crippen LogP contribution in [0.3, 0.4) is 0 Å². The van der Waals surface area contributed by atoms with Crippen LogP contribution in [0.15, 0.2) is 77.7 Å². The van der Waals surface area contributed by atoms with Gasteiger partial charge in [0.25, 0.3) is 10.0 Å². The van der Waals surface area contributed by atoms with Crippen LogP contribution in [-0.4, -0.2) is 43.8 Å². The molecule has 1 atom stereocenters. The average molecular weight is 594 g/mol. The SMILES string of the molecule is CC[C@@H](C(=O)NC1CCCCC1)N(Cc1ccc(C)cc1)C(=O)CN(c1ccc(F)cc1)S(=O)(=O)c1ccc(C)cc1. The van der Waals surface area contributed by atoms with E-state index in [9.17, 15) is 22.4 Å². The lowest BCUT2D eigenvalue weighted by atomic mass is 9.95. The first-order valence-electron chi connectivity index (χ1n) is 14.6. The predicted octanol–water partition coefficient (Wildman–Crippen LogP) is 5.89. The Balaban J connectivity index is 1.69. The number of halogens is 1. The minimum absolute atomic E-state index is 0.0115. The number of nitrogens with one attached hydrogen (secondary N) is 1. The number of hydrogen-bond acceptors (Lipinski definition) is 4. The third kappa shape index (κ3) is 7.76. The largest absolute Gasteiger partial charge is 0.352 e. The fourth-order valence-electron chi connectivity index (χ4n) is 5.33. The van der Waals surface area contributed by atoms with Crippen LogP contribution in [0.2, 0.25) is 0 Å². The Hall–Kier alpha value is -3.72. The van der Waals surface area contributed by atoms with E-state index >= 15 is 0 Å². The number of hydrogen-bond donors (Lipinski definition) is 1. The zero-order valence-corrected chi connectivity index (χ0v) is 25.4. The molecule has 1 aliphatic rings. The van der Waals surface area contributed by atoms with Crippen LogP contribution in [0.5, 0.6) is 0 Å². The molecule has 0 bridgehead atoms. The molecular weight excluding hydrogens is 553 g/mol. The molecule has 9 heteroatoms. The summed E-state index contributed by atoms with van der Waals surface area (Å²) < 4.78 is 42.6. The van der Waals surface area contributed by atoms with Crippen molar-refractivity contribution in [3.63, 3.8) is 0 Å². The van der Waals surface area contributed by atoms with Crippen LogP contribution in [0, 0.1) is 19.7 Å². The Kier molecular flexibility index (Phi) is 10.4. The highest BCUT2D eigenvalue weighted by molar-refractivity contribution is 7.92. The molecule has 0 spiro atoms. The molecule has 7 nitrogen and oxygen atoms in total. The zero-order valence-electron chi connectivity index (χ0n) is 24.6. The summed E-state index contributed by atoms with van der Waals surface area (Å²) in [5.41, 5.74) is 2.93. The summed E-state index contributed by atoms with van der Waals surface area (Å²) >= 11 is 0. The first kappa shape index (κ1) is 31.2. The van der Waals surface area contributed by atoms with E-state index in [4.69, 9.17) is 0 Å². The van der Waals surface area contributed by atoms with E-state index in [-0.39, 0.29) is 29.1 Å². The average Bonchev–Trinajstić information content (AvgIpc) is 2.98. The molecule has 224 valence electrons. The molecule has 0 radical (unpaired) electrons. The van der Waals surface area contributed by atoms with Crippen molar-refractivity contribution in [1.82, 2.24) is 10.2 Å². The van der Waals surface area contributed by atoms with Gasteiger partial charge in [-0.15, -0.1) is 0 Å². The van der Waals surface area contributed by atoms with Crippen molar-refractivity contribution in [1.29, 1.82) is 0 Å². The Bertz CT molecular complexity index is 1450. The molecular formula is C33H40FN3O4S. The molecule has 0 heterocycles. The van der Waals surface area contributed by atoms with Crippen molar-refractivity contribution in [2.45, 2.75) is 82.8 Å². The molecule has 0 unspecified atom stereocenters. The van der Waals surface area contributed by atoms with E-state index in [0.29, 0.717) is 6.42 Å². The number of nitrogens with zero attached hydrogens (tertiary/aromatic N) is 2. The molecule has 0 saturated heterocycles. The quantitative estimate of drug-likeness (QED) is 0.300. The summed E-state index contributed by atoms with van der Waals surface area (Å²) in [7, 11) is -4.20. The second-order valence-electron chi connectivity index (χ2n) is 11.1. The summed E-state index contributed by atoms with van der Waals surface area (Å²) in [6.45, 7) is 5.25. The maximum atomic E-state index is 14.2. The predicted molar refractivity (Wildman–Crippen MR) is 163 cm³/mol. The summed E-state index contributed by atoms with van der Waals surface area (Å²) in [5, 5.41) is 3.15. The van der Waals surface area contributed by atoms with Gasteiger partial charge in [0.05, 0.1) is 10.6 Å². The first-order chi connectivity index (χ1) is 20.1. The maximum Gasteiger partial charge on any atom is 0.264 e. The Morgan fingerprint density at radius 1 is 0.881 bits per heavy atom. The van der Waals surface area contributed by atoms with Crippen LogP contribution in [0.4, 0.5) is 10.1 Å². The number of rotatable bonds is 11. The van der Waals surface area contributed by atoms with Gasteiger partial charge in [-0.1, -0.05) is 73.7 Å². The molecule has 0 aliphatic heterocycles. The molecule has 0 aromatic heterocycles. The van der Waals surface area contributed by atoms with E-state index < -0.39 is 34.3 Å². The highest BCUT2D eigenvalue weighted by Gasteiger charge is 2.34. The summed E-state index contributed by atoms with van der Waals surface area (Å²) in [4.78, 5) is 29.2. The van der Waals surface area contributed by atoms with Gasteiger partial charge < -0.3 is 10.2 Å². The van der Waals surface area contributed by atoms with Crippen molar-refractivity contribution in [3.8, 4) is 0 Å². The zero-order chi connectivity index (χ0) is 30.3. The summed E-state index contributed by atoms with van der Waals surface area (Å²) in [6.07, 6.45) is 5.42. The van der Waals surface area contributed by atoms with Crippen molar-refractivity contribution in [2.75, 3.05) is 10.8 Å². The number of carbonyl (C=O) groups excluding carboxylic acids is 2. The normalized spacial score (nSPS) is 14.7. The van der Waals surface area contributed by atoms with E-state index in [1.54, 1.807) is 12.1 Å². The lowest BCUT2D eigenvalue weighted by molar-refractivity contribution is -0.140. The minimum Gasteiger partial charge on any atom is -0.352 e. The second kappa shape index (κ2) is 14.0. The molecule has 1 fully saturated rings. The van der Waals surface area contributed by atoms with E-state index in [2.05, 4.69) is 5.32 Å². The summed E-state index contributed by atoms with van der Waals surface area (Å²) in [5.74, 6) is -1.29. The van der Waals surface area contributed by atoms with Crippen molar-refractivity contribution in [2.24, 2.45) is 0 Å². The third-order valence-electron chi connectivity index (χ3n) is 7.81. The number of anilines is 1. The van der Waals surface area contributed by atoms with Gasteiger partial charge >= 0.3 is 0 Å². The Morgan fingerprint density at radius 3 is 2.02 bits per heavy atom. The van der Waals surface area contributed by atoms with Crippen LogP contribution in [0.25, 0.3) is 0 Å². The second-order valence-corrected chi connectivity index (χ2v) is 12.9. The molecule has 1 aliphatic carbocycles. The van der Waals surface area contributed by atoms with Crippen LogP contribution in [0.1, 0.15) is 62.1 Å². The number of benzene rings is 3. The van der Waals surface area contributed by atoms with Gasteiger partial charge in [-0.3, -0.25) is 13.9 Å². The highest BCUT2D eigenvalue weighted by atomic mass is 32.2. The Labute approximate surface area is 248 Å². The summed E-state index contributed by atoms with van der Waals surface area (Å²) in [6, 6.07) is 18.3. The third-order valence-corrected chi connectivity index (χ3v) is 9.60. The van der Waals surface area contributed by atoms with Gasteiger partial charge in [-0.05, 0) is 75.1 Å². The van der Waals surface area contributed by atoms with E-state index in [0.717, 1.165) is 65.2 Å². The van der Waals surface area contributed by atoms with Crippen molar-refractivity contribution < 1.29 is 22.4 Å². The number of sulfonamides is 1. The minimum atomic E-state index is -4.20. The van der Waals surface area contributed by atoms with Gasteiger partial charge in [-0.25, -0.2) is 12.8 Å².